The fraction of sp³-hybridized carbons (Fsp3) is 0.800. The molecule has 1 aromatic heterocycles. The standard InChI is InChI=1S/C15H29IN2O2Si/c1-11(2)19-14-13(16)10-18(17-14)9-12(3)20-21(7,8)15(4,5)6/h10-12H,9H2,1-8H3. The Morgan fingerprint density at radius 2 is 1.86 bits per heavy atom. The second kappa shape index (κ2) is 7.00. The first-order chi connectivity index (χ1) is 9.42. The monoisotopic (exact) mass is 424 g/mol. The van der Waals surface area contributed by atoms with Crippen molar-refractivity contribution in [3.8, 4) is 5.88 Å². The number of halogens is 1. The summed E-state index contributed by atoms with van der Waals surface area (Å²) >= 11 is 2.26. The Kier molecular flexibility index (Phi) is 6.32. The average Bonchev–Trinajstić information content (AvgIpc) is 2.54. The number of rotatable bonds is 6. The van der Waals surface area contributed by atoms with Gasteiger partial charge in [0.15, 0.2) is 8.32 Å². The summed E-state index contributed by atoms with van der Waals surface area (Å²) < 4.78 is 15.0. The van der Waals surface area contributed by atoms with Crippen molar-refractivity contribution >= 4 is 30.9 Å². The van der Waals surface area contributed by atoms with Crippen molar-refractivity contribution < 1.29 is 9.16 Å². The Labute approximate surface area is 143 Å². The quantitative estimate of drug-likeness (QED) is 0.491. The molecule has 0 fully saturated rings. The smallest absolute Gasteiger partial charge is 0.246 e. The fourth-order valence-electron chi connectivity index (χ4n) is 1.76. The van der Waals surface area contributed by atoms with Gasteiger partial charge in [0, 0.05) is 6.20 Å². The van der Waals surface area contributed by atoms with Crippen LogP contribution in [-0.2, 0) is 11.0 Å². The lowest BCUT2D eigenvalue weighted by atomic mass is 10.2. The van der Waals surface area contributed by atoms with E-state index in [1.54, 1.807) is 0 Å². The summed E-state index contributed by atoms with van der Waals surface area (Å²) in [5, 5.41) is 4.73. The molecule has 0 spiro atoms. The summed E-state index contributed by atoms with van der Waals surface area (Å²) in [6.07, 6.45) is 2.31. The summed E-state index contributed by atoms with van der Waals surface area (Å²) in [5.41, 5.74) is 0. The van der Waals surface area contributed by atoms with Gasteiger partial charge >= 0.3 is 0 Å². The highest BCUT2D eigenvalue weighted by atomic mass is 127. The molecular weight excluding hydrogens is 395 g/mol. The molecule has 0 aliphatic carbocycles. The molecule has 0 radical (unpaired) electrons. The lowest BCUT2D eigenvalue weighted by Gasteiger charge is -2.38. The molecule has 1 unspecified atom stereocenters. The van der Waals surface area contributed by atoms with E-state index in [1.165, 1.54) is 0 Å². The molecule has 1 rings (SSSR count). The second-order valence-electron chi connectivity index (χ2n) is 7.36. The highest BCUT2D eigenvalue weighted by molar-refractivity contribution is 14.1. The number of hydrogen-bond donors (Lipinski definition) is 0. The number of hydrogen-bond acceptors (Lipinski definition) is 3. The zero-order valence-corrected chi connectivity index (χ0v) is 17.7. The molecular formula is C15H29IN2O2Si. The van der Waals surface area contributed by atoms with Gasteiger partial charge in [0.25, 0.3) is 0 Å². The second-order valence-corrected chi connectivity index (χ2v) is 13.3. The van der Waals surface area contributed by atoms with Crippen LogP contribution in [0.1, 0.15) is 41.5 Å². The maximum absolute atomic E-state index is 6.37. The lowest BCUT2D eigenvalue weighted by molar-refractivity contribution is 0.171. The first-order valence-electron chi connectivity index (χ1n) is 7.50. The number of aromatic nitrogens is 2. The van der Waals surface area contributed by atoms with E-state index in [1.807, 2.05) is 24.7 Å². The van der Waals surface area contributed by atoms with Crippen LogP contribution in [-0.4, -0.2) is 30.3 Å². The zero-order chi connectivity index (χ0) is 16.4. The molecule has 1 atom stereocenters. The van der Waals surface area contributed by atoms with Gasteiger partial charge in [0.1, 0.15) is 0 Å². The van der Waals surface area contributed by atoms with Crippen LogP contribution in [0.4, 0.5) is 0 Å². The van der Waals surface area contributed by atoms with E-state index in [0.29, 0.717) is 5.88 Å². The molecule has 0 amide bonds. The highest BCUT2D eigenvalue weighted by Crippen LogP contribution is 2.37. The van der Waals surface area contributed by atoms with E-state index in [0.717, 1.165) is 10.1 Å². The third-order valence-electron chi connectivity index (χ3n) is 3.78. The highest BCUT2D eigenvalue weighted by Gasteiger charge is 2.38. The van der Waals surface area contributed by atoms with Crippen LogP contribution in [0.2, 0.25) is 18.1 Å². The largest absolute Gasteiger partial charge is 0.473 e. The minimum atomic E-state index is -1.73. The summed E-state index contributed by atoms with van der Waals surface area (Å²) in [6.45, 7) is 18.2. The molecule has 0 saturated heterocycles. The summed E-state index contributed by atoms with van der Waals surface area (Å²) in [4.78, 5) is 0. The SMILES string of the molecule is CC(C)Oc1nn(CC(C)O[Si](C)(C)C(C)(C)C)cc1I. The van der Waals surface area contributed by atoms with E-state index in [-0.39, 0.29) is 17.2 Å². The fourth-order valence-corrected chi connectivity index (χ4v) is 3.75. The topological polar surface area (TPSA) is 36.3 Å². The van der Waals surface area contributed by atoms with Crippen molar-refractivity contribution in [1.29, 1.82) is 0 Å². The van der Waals surface area contributed by atoms with Crippen molar-refractivity contribution in [1.82, 2.24) is 9.78 Å². The van der Waals surface area contributed by atoms with Crippen LogP contribution < -0.4 is 4.74 Å². The van der Waals surface area contributed by atoms with Gasteiger partial charge in [-0.15, -0.1) is 5.10 Å². The first kappa shape index (κ1) is 19.0. The van der Waals surface area contributed by atoms with Crippen LogP contribution in [0.15, 0.2) is 6.20 Å². The summed E-state index contributed by atoms with van der Waals surface area (Å²) in [6, 6.07) is 0. The van der Waals surface area contributed by atoms with Crippen LogP contribution in [0.5, 0.6) is 5.88 Å². The van der Waals surface area contributed by atoms with E-state index in [9.17, 15) is 0 Å². The van der Waals surface area contributed by atoms with E-state index < -0.39 is 8.32 Å². The molecule has 21 heavy (non-hydrogen) atoms. The van der Waals surface area contributed by atoms with Crippen LogP contribution in [0.25, 0.3) is 0 Å². The molecule has 122 valence electrons. The number of ether oxygens (including phenoxy) is 1. The maximum Gasteiger partial charge on any atom is 0.246 e. The van der Waals surface area contributed by atoms with Gasteiger partial charge in [-0.2, -0.15) is 0 Å². The lowest BCUT2D eigenvalue weighted by Crippen LogP contribution is -2.44. The van der Waals surface area contributed by atoms with Gasteiger partial charge in [-0.1, -0.05) is 20.8 Å². The van der Waals surface area contributed by atoms with Gasteiger partial charge in [-0.3, -0.25) is 4.68 Å². The van der Waals surface area contributed by atoms with Crippen molar-refractivity contribution in [3.05, 3.63) is 9.77 Å². The molecule has 0 N–H and O–H groups in total. The van der Waals surface area contributed by atoms with Crippen molar-refractivity contribution in [2.24, 2.45) is 0 Å². The normalized spacial score (nSPS) is 14.6. The van der Waals surface area contributed by atoms with E-state index in [4.69, 9.17) is 9.16 Å². The van der Waals surface area contributed by atoms with Gasteiger partial charge in [0.2, 0.25) is 5.88 Å². The average molecular weight is 424 g/mol. The third kappa shape index (κ3) is 5.56. The predicted octanol–water partition coefficient (Wildman–Crippen LogP) is 4.69. The molecule has 4 nitrogen and oxygen atoms in total. The van der Waals surface area contributed by atoms with Gasteiger partial charge < -0.3 is 9.16 Å². The third-order valence-corrected chi connectivity index (χ3v) is 9.12. The first-order valence-corrected chi connectivity index (χ1v) is 11.5. The van der Waals surface area contributed by atoms with Crippen molar-refractivity contribution in [2.75, 3.05) is 0 Å². The minimum Gasteiger partial charge on any atom is -0.473 e. The molecule has 1 aromatic rings. The molecule has 0 bridgehead atoms. The van der Waals surface area contributed by atoms with E-state index in [2.05, 4.69) is 68.5 Å². The van der Waals surface area contributed by atoms with Crippen LogP contribution >= 0.6 is 22.6 Å². The zero-order valence-electron chi connectivity index (χ0n) is 14.5. The maximum atomic E-state index is 6.37. The van der Waals surface area contributed by atoms with Gasteiger partial charge in [-0.25, -0.2) is 0 Å². The van der Waals surface area contributed by atoms with Crippen molar-refractivity contribution in [2.45, 2.75) is 78.4 Å². The van der Waals surface area contributed by atoms with Crippen LogP contribution in [0, 0.1) is 3.57 Å². The molecule has 0 aromatic carbocycles. The Bertz CT molecular complexity index is 467. The summed E-state index contributed by atoms with van der Waals surface area (Å²) in [5.74, 6) is 0.713. The van der Waals surface area contributed by atoms with Gasteiger partial charge in [0.05, 0.1) is 22.3 Å². The molecule has 1 heterocycles. The van der Waals surface area contributed by atoms with Crippen LogP contribution in [0.3, 0.4) is 0 Å². The summed E-state index contributed by atoms with van der Waals surface area (Å²) in [7, 11) is -1.73. The Hall–Kier alpha value is -0.0831. The Morgan fingerprint density at radius 1 is 1.29 bits per heavy atom. The minimum absolute atomic E-state index is 0.141. The Balaban J connectivity index is 2.69. The Morgan fingerprint density at radius 3 is 2.33 bits per heavy atom. The van der Waals surface area contributed by atoms with Gasteiger partial charge in [-0.05, 0) is 61.5 Å². The molecule has 6 heteroatoms. The van der Waals surface area contributed by atoms with Crippen molar-refractivity contribution in [3.63, 3.8) is 0 Å². The molecule has 0 aliphatic rings. The van der Waals surface area contributed by atoms with E-state index >= 15 is 0 Å². The number of nitrogens with zero attached hydrogens (tertiary/aromatic N) is 2. The molecule has 0 aliphatic heterocycles. The molecule has 0 saturated carbocycles. The predicted molar refractivity (Wildman–Crippen MR) is 98.5 cm³/mol.